The molecule has 1 N–H and O–H groups in total. The number of halogens is 2. The molecule has 0 fully saturated rings. The molecule has 0 atom stereocenters. The summed E-state index contributed by atoms with van der Waals surface area (Å²) in [5, 5.41) is 4.31. The summed E-state index contributed by atoms with van der Waals surface area (Å²) in [6.07, 6.45) is 1.76. The summed E-state index contributed by atoms with van der Waals surface area (Å²) >= 11 is 3.25. The molecular weight excluding hydrogens is 319 g/mol. The van der Waals surface area contributed by atoms with E-state index in [1.807, 2.05) is 36.4 Å². The molecule has 100 valence electrons. The Kier molecular flexibility index (Phi) is 3.65. The fraction of sp³-hybridized carbons (Fsp3) is 0.0625. The van der Waals surface area contributed by atoms with Gasteiger partial charge in [0.15, 0.2) is 0 Å². The van der Waals surface area contributed by atoms with Crippen molar-refractivity contribution in [1.82, 2.24) is 4.98 Å². The average molecular weight is 331 g/mol. The van der Waals surface area contributed by atoms with Crippen molar-refractivity contribution in [2.45, 2.75) is 6.54 Å². The van der Waals surface area contributed by atoms with Crippen molar-refractivity contribution in [2.75, 3.05) is 5.32 Å². The number of anilines is 1. The average Bonchev–Trinajstić information content (AvgIpc) is 2.46. The van der Waals surface area contributed by atoms with E-state index in [-0.39, 0.29) is 5.82 Å². The van der Waals surface area contributed by atoms with Gasteiger partial charge in [-0.25, -0.2) is 4.39 Å². The topological polar surface area (TPSA) is 24.9 Å². The summed E-state index contributed by atoms with van der Waals surface area (Å²) in [6.45, 7) is 0.425. The van der Waals surface area contributed by atoms with Crippen molar-refractivity contribution in [2.24, 2.45) is 0 Å². The first-order chi connectivity index (χ1) is 9.74. The molecule has 0 unspecified atom stereocenters. The van der Waals surface area contributed by atoms with Gasteiger partial charge in [-0.2, -0.15) is 0 Å². The molecule has 0 radical (unpaired) electrons. The summed E-state index contributed by atoms with van der Waals surface area (Å²) in [5.41, 5.74) is 2.43. The number of benzene rings is 2. The van der Waals surface area contributed by atoms with E-state index in [0.717, 1.165) is 21.1 Å². The van der Waals surface area contributed by atoms with Gasteiger partial charge < -0.3 is 5.32 Å². The van der Waals surface area contributed by atoms with Crippen LogP contribution in [-0.4, -0.2) is 4.98 Å². The van der Waals surface area contributed by atoms with Gasteiger partial charge >= 0.3 is 0 Å². The standard InChI is InChI=1S/C16H12BrFN2/c17-13-7-6-12(14(18)9-13)10-20-15-5-1-3-11-4-2-8-19-16(11)15/h1-9,20H,10H2. The fourth-order valence-electron chi connectivity index (χ4n) is 2.10. The molecule has 2 nitrogen and oxygen atoms in total. The first kappa shape index (κ1) is 13.1. The maximum absolute atomic E-state index is 13.8. The lowest BCUT2D eigenvalue weighted by Gasteiger charge is -2.10. The zero-order chi connectivity index (χ0) is 13.9. The lowest BCUT2D eigenvalue weighted by atomic mass is 10.1. The van der Waals surface area contributed by atoms with Crippen LogP contribution in [-0.2, 0) is 6.54 Å². The number of pyridine rings is 1. The fourth-order valence-corrected chi connectivity index (χ4v) is 2.44. The molecule has 3 rings (SSSR count). The number of nitrogens with zero attached hydrogens (tertiary/aromatic N) is 1. The van der Waals surface area contributed by atoms with Crippen LogP contribution >= 0.6 is 15.9 Å². The summed E-state index contributed by atoms with van der Waals surface area (Å²) < 4.78 is 14.5. The van der Waals surface area contributed by atoms with Crippen LogP contribution in [0.5, 0.6) is 0 Å². The number of nitrogens with one attached hydrogen (secondary N) is 1. The van der Waals surface area contributed by atoms with Crippen LogP contribution in [0.3, 0.4) is 0 Å². The summed E-state index contributed by atoms with van der Waals surface area (Å²) in [5.74, 6) is -0.222. The zero-order valence-electron chi connectivity index (χ0n) is 10.6. The maximum Gasteiger partial charge on any atom is 0.129 e. The third-order valence-electron chi connectivity index (χ3n) is 3.12. The lowest BCUT2D eigenvalue weighted by molar-refractivity contribution is 0.612. The quantitative estimate of drug-likeness (QED) is 0.749. The van der Waals surface area contributed by atoms with Gasteiger partial charge in [0.25, 0.3) is 0 Å². The number of aromatic nitrogens is 1. The molecule has 0 aliphatic heterocycles. The number of para-hydroxylation sites is 1. The van der Waals surface area contributed by atoms with Crippen LogP contribution in [0, 0.1) is 5.82 Å². The van der Waals surface area contributed by atoms with Crippen LogP contribution in [0.2, 0.25) is 0 Å². The van der Waals surface area contributed by atoms with Crippen molar-refractivity contribution >= 4 is 32.5 Å². The molecule has 0 saturated carbocycles. The van der Waals surface area contributed by atoms with Gasteiger partial charge in [0.2, 0.25) is 0 Å². The van der Waals surface area contributed by atoms with Crippen molar-refractivity contribution < 1.29 is 4.39 Å². The molecule has 3 aromatic rings. The first-order valence-corrected chi connectivity index (χ1v) is 7.05. The van der Waals surface area contributed by atoms with E-state index in [1.165, 1.54) is 6.07 Å². The van der Waals surface area contributed by atoms with E-state index < -0.39 is 0 Å². The Hall–Kier alpha value is -1.94. The third kappa shape index (κ3) is 2.65. The summed E-state index contributed by atoms with van der Waals surface area (Å²) in [7, 11) is 0. The second-order valence-corrected chi connectivity index (χ2v) is 5.39. The Bertz CT molecular complexity index is 753. The van der Waals surface area contributed by atoms with Crippen molar-refractivity contribution in [1.29, 1.82) is 0 Å². The van der Waals surface area contributed by atoms with Gasteiger partial charge in [-0.3, -0.25) is 4.98 Å². The highest BCUT2D eigenvalue weighted by atomic mass is 79.9. The van der Waals surface area contributed by atoms with E-state index in [0.29, 0.717) is 12.1 Å². The Balaban J connectivity index is 1.87. The minimum absolute atomic E-state index is 0.222. The Morgan fingerprint density at radius 2 is 1.95 bits per heavy atom. The van der Waals surface area contributed by atoms with Crippen LogP contribution in [0.15, 0.2) is 59.2 Å². The van der Waals surface area contributed by atoms with E-state index in [9.17, 15) is 4.39 Å². The zero-order valence-corrected chi connectivity index (χ0v) is 12.2. The minimum atomic E-state index is -0.222. The second kappa shape index (κ2) is 5.59. The van der Waals surface area contributed by atoms with E-state index in [1.54, 1.807) is 12.3 Å². The number of rotatable bonds is 3. The van der Waals surface area contributed by atoms with E-state index in [2.05, 4.69) is 26.2 Å². The minimum Gasteiger partial charge on any atom is -0.379 e. The Morgan fingerprint density at radius 1 is 1.10 bits per heavy atom. The molecule has 0 spiro atoms. The summed E-state index contributed by atoms with van der Waals surface area (Å²) in [4.78, 5) is 4.37. The molecule has 4 heteroatoms. The molecule has 2 aromatic carbocycles. The maximum atomic E-state index is 13.8. The normalized spacial score (nSPS) is 10.7. The Morgan fingerprint density at radius 3 is 2.80 bits per heavy atom. The van der Waals surface area contributed by atoms with Gasteiger partial charge in [0.05, 0.1) is 11.2 Å². The van der Waals surface area contributed by atoms with Crippen molar-refractivity contribution in [3.05, 3.63) is 70.6 Å². The van der Waals surface area contributed by atoms with Crippen LogP contribution in [0.25, 0.3) is 10.9 Å². The first-order valence-electron chi connectivity index (χ1n) is 6.25. The second-order valence-electron chi connectivity index (χ2n) is 4.47. The highest BCUT2D eigenvalue weighted by Crippen LogP contribution is 2.22. The molecule has 20 heavy (non-hydrogen) atoms. The van der Waals surface area contributed by atoms with E-state index >= 15 is 0 Å². The van der Waals surface area contributed by atoms with Gasteiger partial charge in [-0.05, 0) is 24.3 Å². The number of hydrogen-bond donors (Lipinski definition) is 1. The van der Waals surface area contributed by atoms with E-state index in [4.69, 9.17) is 0 Å². The summed E-state index contributed by atoms with van der Waals surface area (Å²) in [6, 6.07) is 14.9. The van der Waals surface area contributed by atoms with Crippen molar-refractivity contribution in [3.63, 3.8) is 0 Å². The number of hydrogen-bond acceptors (Lipinski definition) is 2. The third-order valence-corrected chi connectivity index (χ3v) is 3.61. The van der Waals surface area contributed by atoms with Crippen LogP contribution < -0.4 is 5.32 Å². The van der Waals surface area contributed by atoms with Gasteiger partial charge in [0.1, 0.15) is 5.82 Å². The predicted molar refractivity (Wildman–Crippen MR) is 83.2 cm³/mol. The highest BCUT2D eigenvalue weighted by Gasteiger charge is 2.05. The lowest BCUT2D eigenvalue weighted by Crippen LogP contribution is -2.02. The molecule has 0 aliphatic carbocycles. The van der Waals surface area contributed by atoms with Crippen LogP contribution in [0.1, 0.15) is 5.56 Å². The molecule has 1 aromatic heterocycles. The van der Waals surface area contributed by atoms with Gasteiger partial charge in [-0.15, -0.1) is 0 Å². The largest absolute Gasteiger partial charge is 0.379 e. The SMILES string of the molecule is Fc1cc(Br)ccc1CNc1cccc2cccnc12. The smallest absolute Gasteiger partial charge is 0.129 e. The molecule has 1 heterocycles. The predicted octanol–water partition coefficient (Wildman–Crippen LogP) is 4.75. The Labute approximate surface area is 124 Å². The van der Waals surface area contributed by atoms with Gasteiger partial charge in [-0.1, -0.05) is 40.2 Å². The highest BCUT2D eigenvalue weighted by molar-refractivity contribution is 9.10. The van der Waals surface area contributed by atoms with Crippen molar-refractivity contribution in [3.8, 4) is 0 Å². The van der Waals surface area contributed by atoms with Gasteiger partial charge in [0, 0.05) is 28.2 Å². The van der Waals surface area contributed by atoms with Crippen LogP contribution in [0.4, 0.5) is 10.1 Å². The monoisotopic (exact) mass is 330 g/mol. The number of fused-ring (bicyclic) bond motifs is 1. The molecule has 0 aliphatic rings. The molecule has 0 amide bonds. The molecular formula is C16H12BrFN2. The molecule has 0 saturated heterocycles. The molecule has 0 bridgehead atoms.